The van der Waals surface area contributed by atoms with Crippen LogP contribution in [0.1, 0.15) is 20.8 Å². The van der Waals surface area contributed by atoms with Crippen molar-refractivity contribution >= 4 is 12.3 Å². The Morgan fingerprint density at radius 3 is 2.47 bits per heavy atom. The van der Waals surface area contributed by atoms with Crippen molar-refractivity contribution in [2.45, 2.75) is 38.8 Å². The van der Waals surface area contributed by atoms with E-state index >= 15 is 0 Å². The molecule has 2 unspecified atom stereocenters. The van der Waals surface area contributed by atoms with Crippen LogP contribution < -0.4 is 16.4 Å². The van der Waals surface area contributed by atoms with Gasteiger partial charge in [-0.15, -0.1) is 0 Å². The van der Waals surface area contributed by atoms with Gasteiger partial charge in [-0.2, -0.15) is 13.2 Å². The number of nitrogens with one attached hydrogen (secondary N) is 2. The van der Waals surface area contributed by atoms with Crippen LogP contribution in [0.3, 0.4) is 0 Å². The lowest BCUT2D eigenvalue weighted by Crippen LogP contribution is -2.64. The molecule has 98 valence electrons. The number of rotatable bonds is 2. The molecule has 0 aromatic rings. The third kappa shape index (κ3) is 3.32. The van der Waals surface area contributed by atoms with Gasteiger partial charge in [-0.05, 0) is 6.92 Å². The van der Waals surface area contributed by atoms with E-state index in [0.717, 1.165) is 6.92 Å². The zero-order valence-electron chi connectivity index (χ0n) is 9.84. The highest BCUT2D eigenvalue weighted by atomic mass is 19.4. The Morgan fingerprint density at radius 2 is 2.00 bits per heavy atom. The van der Waals surface area contributed by atoms with Gasteiger partial charge in [-0.3, -0.25) is 5.73 Å². The van der Waals surface area contributed by atoms with Crippen LogP contribution in [0.15, 0.2) is 9.98 Å². The minimum atomic E-state index is -4.37. The summed E-state index contributed by atoms with van der Waals surface area (Å²) in [5.74, 6) is -1.25. The van der Waals surface area contributed by atoms with Crippen LogP contribution >= 0.6 is 0 Å². The summed E-state index contributed by atoms with van der Waals surface area (Å²) in [5, 5.41) is 5.15. The van der Waals surface area contributed by atoms with E-state index in [1.807, 2.05) is 0 Å². The maximum Gasteiger partial charge on any atom is 0.410 e. The second-order valence-corrected chi connectivity index (χ2v) is 4.20. The average molecular weight is 251 g/mol. The molecule has 1 rings (SSSR count). The molecule has 2 atom stereocenters. The zero-order valence-corrected chi connectivity index (χ0v) is 9.84. The van der Waals surface area contributed by atoms with Crippen LogP contribution in [-0.4, -0.2) is 30.3 Å². The predicted octanol–water partition coefficient (Wildman–Crippen LogP) is 0.783. The van der Waals surface area contributed by atoms with Crippen molar-refractivity contribution in [1.29, 1.82) is 0 Å². The molecule has 17 heavy (non-hydrogen) atoms. The molecule has 0 aromatic carbocycles. The maximum absolute atomic E-state index is 12.3. The fourth-order valence-electron chi connectivity index (χ4n) is 1.09. The van der Waals surface area contributed by atoms with Crippen LogP contribution in [0.2, 0.25) is 0 Å². The molecule has 5 nitrogen and oxygen atoms in total. The SMILES string of the molecule is CC(N=C1NC=NC(N)(C(C)C)N1)C(F)(F)F. The van der Waals surface area contributed by atoms with Gasteiger partial charge in [0.2, 0.25) is 0 Å². The van der Waals surface area contributed by atoms with Gasteiger partial charge in [-0.1, -0.05) is 13.8 Å². The van der Waals surface area contributed by atoms with E-state index in [2.05, 4.69) is 20.6 Å². The second kappa shape index (κ2) is 4.52. The zero-order chi connectivity index (χ0) is 13.3. The molecular weight excluding hydrogens is 235 g/mol. The van der Waals surface area contributed by atoms with E-state index in [0.29, 0.717) is 0 Å². The minimum Gasteiger partial charge on any atom is -0.319 e. The van der Waals surface area contributed by atoms with Gasteiger partial charge in [0.25, 0.3) is 0 Å². The number of nitrogens with two attached hydrogens (primary N) is 1. The topological polar surface area (TPSA) is 74.8 Å². The molecule has 0 saturated heterocycles. The summed E-state index contributed by atoms with van der Waals surface area (Å²) in [6, 6.07) is -1.81. The lowest BCUT2D eigenvalue weighted by molar-refractivity contribution is -0.142. The van der Waals surface area contributed by atoms with Crippen LogP contribution in [-0.2, 0) is 0 Å². The van der Waals surface area contributed by atoms with E-state index < -0.39 is 18.0 Å². The number of hydrogen-bond acceptors (Lipinski definition) is 3. The van der Waals surface area contributed by atoms with Gasteiger partial charge in [0, 0.05) is 5.92 Å². The van der Waals surface area contributed by atoms with Gasteiger partial charge in [0.1, 0.15) is 6.04 Å². The summed E-state index contributed by atoms with van der Waals surface area (Å²) in [6.07, 6.45) is -3.13. The summed E-state index contributed by atoms with van der Waals surface area (Å²) in [5.41, 5.74) is 5.87. The molecular formula is C9H16F3N5. The van der Waals surface area contributed by atoms with Crippen molar-refractivity contribution in [3.8, 4) is 0 Å². The maximum atomic E-state index is 12.3. The number of hydrogen-bond donors (Lipinski definition) is 3. The van der Waals surface area contributed by atoms with Crippen molar-refractivity contribution in [3.63, 3.8) is 0 Å². The Bertz CT molecular complexity index is 336. The van der Waals surface area contributed by atoms with E-state index in [4.69, 9.17) is 5.73 Å². The monoisotopic (exact) mass is 251 g/mol. The molecule has 0 fully saturated rings. The third-order valence-electron chi connectivity index (χ3n) is 2.47. The van der Waals surface area contributed by atoms with E-state index in [1.54, 1.807) is 13.8 Å². The van der Waals surface area contributed by atoms with Crippen LogP contribution in [0.25, 0.3) is 0 Å². The Morgan fingerprint density at radius 1 is 1.41 bits per heavy atom. The summed E-state index contributed by atoms with van der Waals surface area (Å²) in [4.78, 5) is 7.43. The van der Waals surface area contributed by atoms with Gasteiger partial charge in [-0.25, -0.2) is 9.98 Å². The van der Waals surface area contributed by atoms with Crippen molar-refractivity contribution in [2.75, 3.05) is 0 Å². The Kier molecular flexibility index (Phi) is 3.65. The fraction of sp³-hybridized carbons (Fsp3) is 0.778. The van der Waals surface area contributed by atoms with Gasteiger partial charge >= 0.3 is 6.18 Å². The smallest absolute Gasteiger partial charge is 0.319 e. The molecule has 0 radical (unpaired) electrons. The summed E-state index contributed by atoms with van der Waals surface area (Å²) in [7, 11) is 0. The van der Waals surface area contributed by atoms with E-state index in [1.165, 1.54) is 6.34 Å². The molecule has 1 aliphatic rings. The molecule has 1 aliphatic heterocycles. The number of halogens is 3. The van der Waals surface area contributed by atoms with Crippen LogP contribution in [0, 0.1) is 5.92 Å². The number of alkyl halides is 3. The Hall–Kier alpha value is -1.31. The molecule has 0 aromatic heterocycles. The fourth-order valence-corrected chi connectivity index (χ4v) is 1.09. The lowest BCUT2D eigenvalue weighted by Gasteiger charge is -2.34. The van der Waals surface area contributed by atoms with E-state index in [-0.39, 0.29) is 11.9 Å². The summed E-state index contributed by atoms with van der Waals surface area (Å²) >= 11 is 0. The van der Waals surface area contributed by atoms with Crippen molar-refractivity contribution < 1.29 is 13.2 Å². The second-order valence-electron chi connectivity index (χ2n) is 4.20. The number of aliphatic imine (C=N–C) groups is 2. The first-order valence-corrected chi connectivity index (χ1v) is 5.17. The molecule has 0 saturated carbocycles. The molecule has 4 N–H and O–H groups in total. The van der Waals surface area contributed by atoms with Crippen LogP contribution in [0.4, 0.5) is 13.2 Å². The average Bonchev–Trinajstić information content (AvgIpc) is 2.16. The lowest BCUT2D eigenvalue weighted by atomic mass is 10.1. The summed E-state index contributed by atoms with van der Waals surface area (Å²) < 4.78 is 37.0. The van der Waals surface area contributed by atoms with Gasteiger partial charge < -0.3 is 10.6 Å². The highest BCUT2D eigenvalue weighted by Crippen LogP contribution is 2.22. The first kappa shape index (κ1) is 13.8. The molecule has 8 heteroatoms. The van der Waals surface area contributed by atoms with Crippen LogP contribution in [0.5, 0.6) is 0 Å². The Balaban J connectivity index is 2.83. The first-order valence-electron chi connectivity index (χ1n) is 5.17. The minimum absolute atomic E-state index is 0.0268. The molecule has 0 spiro atoms. The van der Waals surface area contributed by atoms with E-state index in [9.17, 15) is 13.2 Å². The van der Waals surface area contributed by atoms with Crippen molar-refractivity contribution in [3.05, 3.63) is 0 Å². The van der Waals surface area contributed by atoms with Gasteiger partial charge in [0.15, 0.2) is 11.7 Å². The predicted molar refractivity (Wildman–Crippen MR) is 59.5 cm³/mol. The third-order valence-corrected chi connectivity index (χ3v) is 2.47. The number of guanidine groups is 1. The largest absolute Gasteiger partial charge is 0.410 e. The van der Waals surface area contributed by atoms with Gasteiger partial charge in [0.05, 0.1) is 6.34 Å². The highest BCUT2D eigenvalue weighted by molar-refractivity contribution is 5.92. The molecule has 0 amide bonds. The summed E-state index contributed by atoms with van der Waals surface area (Å²) in [6.45, 7) is 4.58. The highest BCUT2D eigenvalue weighted by Gasteiger charge is 2.37. The molecule has 0 aliphatic carbocycles. The first-order chi connectivity index (χ1) is 7.65. The molecule has 0 bridgehead atoms. The Labute approximate surface area is 97.4 Å². The number of nitrogens with zero attached hydrogens (tertiary/aromatic N) is 2. The van der Waals surface area contributed by atoms with Crippen molar-refractivity contribution in [1.82, 2.24) is 10.6 Å². The quantitative estimate of drug-likeness (QED) is 0.679. The molecule has 1 heterocycles. The normalized spacial score (nSPS) is 29.1. The van der Waals surface area contributed by atoms with Crippen molar-refractivity contribution in [2.24, 2.45) is 21.6 Å². The standard InChI is InChI=1S/C9H16F3N5/c1-5(2)9(13)15-4-14-7(17-9)16-6(3)8(10,11)12/h4-6H,13H2,1-3H3,(H2,14,15,16,17).